The molecule has 1 fully saturated rings. The Morgan fingerprint density at radius 1 is 1.22 bits per heavy atom. The van der Waals surface area contributed by atoms with Crippen LogP contribution in [-0.2, 0) is 25.9 Å². The molecule has 2 N–H and O–H groups in total. The zero-order valence-electron chi connectivity index (χ0n) is 20.1. The Morgan fingerprint density at radius 3 is 2.65 bits per heavy atom. The Hall–Kier alpha value is -3.06. The largest absolute Gasteiger partial charge is 0.403 e. The van der Waals surface area contributed by atoms with Gasteiger partial charge >= 0.3 is 6.01 Å². The van der Waals surface area contributed by atoms with E-state index in [0.29, 0.717) is 30.3 Å². The van der Waals surface area contributed by atoms with Gasteiger partial charge in [0.05, 0.1) is 53.2 Å². The molecule has 1 amide bonds. The summed E-state index contributed by atoms with van der Waals surface area (Å²) >= 11 is 5.98. The van der Waals surface area contributed by atoms with Crippen molar-refractivity contribution in [2.45, 2.75) is 36.9 Å². The van der Waals surface area contributed by atoms with Gasteiger partial charge in [-0.1, -0.05) is 28.8 Å². The highest BCUT2D eigenvalue weighted by Gasteiger charge is 2.38. The van der Waals surface area contributed by atoms with Crippen molar-refractivity contribution in [2.24, 2.45) is 5.73 Å². The second kappa shape index (κ2) is 9.35. The van der Waals surface area contributed by atoms with Crippen LogP contribution in [0.5, 0.6) is 0 Å². The number of aromatic nitrogens is 2. The first-order valence-corrected chi connectivity index (χ1v) is 13.6. The Labute approximate surface area is 218 Å². The van der Waals surface area contributed by atoms with E-state index in [1.807, 2.05) is 18.7 Å². The van der Waals surface area contributed by atoms with E-state index in [1.54, 1.807) is 24.3 Å². The minimum Gasteiger partial charge on any atom is -0.403 e. The first kappa shape index (κ1) is 25.6. The predicted molar refractivity (Wildman–Crippen MR) is 135 cm³/mol. The zero-order chi connectivity index (χ0) is 26.5. The minimum atomic E-state index is -4.08. The SMILES string of the molecule is CC1(C)COCCN1c1nnc(-c2cc3c(cc2F)S(=O)(=O)C[C@H](N)C(=O)N3Cc2ccc(Cl)cc2)o1. The number of halogens is 2. The maximum absolute atomic E-state index is 15.4. The van der Waals surface area contributed by atoms with Gasteiger partial charge in [0.15, 0.2) is 9.84 Å². The number of carbonyl (C=O) groups is 1. The summed E-state index contributed by atoms with van der Waals surface area (Å²) in [7, 11) is -4.08. The van der Waals surface area contributed by atoms with E-state index >= 15 is 4.39 Å². The molecule has 5 rings (SSSR count). The molecular formula is C24H25ClFN5O5S. The van der Waals surface area contributed by atoms with Gasteiger partial charge in [0.25, 0.3) is 5.89 Å². The molecule has 196 valence electrons. The van der Waals surface area contributed by atoms with Crippen LogP contribution in [0.15, 0.2) is 45.7 Å². The second-order valence-electron chi connectivity index (χ2n) is 9.64. The number of benzene rings is 2. The lowest BCUT2D eigenvalue weighted by Gasteiger charge is -2.40. The number of hydrogen-bond acceptors (Lipinski definition) is 9. The van der Waals surface area contributed by atoms with E-state index in [4.69, 9.17) is 26.5 Å². The van der Waals surface area contributed by atoms with Gasteiger partial charge in [-0.3, -0.25) is 4.79 Å². The number of rotatable bonds is 4. The van der Waals surface area contributed by atoms with Crippen molar-refractivity contribution in [3.05, 3.63) is 52.8 Å². The maximum Gasteiger partial charge on any atom is 0.319 e. The van der Waals surface area contributed by atoms with Crippen LogP contribution in [0, 0.1) is 5.82 Å². The molecule has 3 heterocycles. The highest BCUT2D eigenvalue weighted by atomic mass is 35.5. The monoisotopic (exact) mass is 549 g/mol. The maximum atomic E-state index is 15.4. The third-order valence-corrected chi connectivity index (χ3v) is 8.48. The van der Waals surface area contributed by atoms with Gasteiger partial charge in [0.1, 0.15) is 5.82 Å². The highest BCUT2D eigenvalue weighted by Crippen LogP contribution is 2.38. The van der Waals surface area contributed by atoms with Gasteiger partial charge in [0.2, 0.25) is 5.91 Å². The van der Waals surface area contributed by atoms with Gasteiger partial charge < -0.3 is 24.7 Å². The average Bonchev–Trinajstić information content (AvgIpc) is 3.30. The molecule has 1 atom stereocenters. The van der Waals surface area contributed by atoms with Crippen molar-refractivity contribution in [2.75, 3.05) is 35.3 Å². The molecule has 0 spiro atoms. The molecule has 3 aromatic rings. The highest BCUT2D eigenvalue weighted by molar-refractivity contribution is 7.91. The van der Waals surface area contributed by atoms with Crippen molar-refractivity contribution >= 4 is 39.0 Å². The van der Waals surface area contributed by atoms with Crippen molar-refractivity contribution in [3.8, 4) is 11.5 Å². The first-order chi connectivity index (χ1) is 17.5. The van der Waals surface area contributed by atoms with Gasteiger partial charge in [-0.25, -0.2) is 12.8 Å². The molecule has 1 aromatic heterocycles. The van der Waals surface area contributed by atoms with E-state index in [0.717, 1.165) is 6.07 Å². The third kappa shape index (κ3) is 4.81. The quantitative estimate of drug-likeness (QED) is 0.521. The molecule has 0 radical (unpaired) electrons. The lowest BCUT2D eigenvalue weighted by Crippen LogP contribution is -2.53. The molecule has 0 unspecified atom stereocenters. The van der Waals surface area contributed by atoms with E-state index < -0.39 is 38.9 Å². The Kier molecular flexibility index (Phi) is 6.47. The molecule has 10 nitrogen and oxygen atoms in total. The van der Waals surface area contributed by atoms with Crippen LogP contribution >= 0.6 is 11.6 Å². The standard InChI is InChI=1S/C24H25ClFN5O5S/c1-24(2)13-35-8-7-31(24)23-29-28-21(36-23)16-9-19-20(10-17(16)26)37(33,34)12-18(27)22(32)30(19)11-14-3-5-15(25)6-4-14/h3-6,9-10,18H,7-8,11-13,27H2,1-2H3/t18-/m0/s1. The third-order valence-electron chi connectivity index (χ3n) is 6.43. The lowest BCUT2D eigenvalue weighted by atomic mass is 10.0. The number of ether oxygens (including phenoxy) is 1. The summed E-state index contributed by atoms with van der Waals surface area (Å²) in [6.07, 6.45) is 0. The van der Waals surface area contributed by atoms with Crippen LogP contribution < -0.4 is 15.5 Å². The predicted octanol–water partition coefficient (Wildman–Crippen LogP) is 2.79. The first-order valence-electron chi connectivity index (χ1n) is 11.5. The number of nitrogens with two attached hydrogens (primary N) is 1. The van der Waals surface area contributed by atoms with Gasteiger partial charge in [0, 0.05) is 11.6 Å². The summed E-state index contributed by atoms with van der Waals surface area (Å²) in [5.41, 5.74) is 6.05. The molecule has 2 aliphatic rings. The lowest BCUT2D eigenvalue weighted by molar-refractivity contribution is -0.119. The second-order valence-corrected chi connectivity index (χ2v) is 12.1. The fraction of sp³-hybridized carbons (Fsp3) is 0.375. The fourth-order valence-corrected chi connectivity index (χ4v) is 6.16. The Morgan fingerprint density at radius 2 is 1.95 bits per heavy atom. The smallest absolute Gasteiger partial charge is 0.319 e. The minimum absolute atomic E-state index is 0.00561. The average molecular weight is 550 g/mol. The van der Waals surface area contributed by atoms with Crippen molar-refractivity contribution < 1.29 is 26.8 Å². The fourth-order valence-electron chi connectivity index (χ4n) is 4.47. The summed E-state index contributed by atoms with van der Waals surface area (Å²) in [4.78, 5) is 16.0. The molecule has 13 heteroatoms. The summed E-state index contributed by atoms with van der Waals surface area (Å²) < 4.78 is 52.8. The molecular weight excluding hydrogens is 525 g/mol. The van der Waals surface area contributed by atoms with Gasteiger partial charge in [-0.15, -0.1) is 5.10 Å². The number of anilines is 2. The van der Waals surface area contributed by atoms with E-state index in [-0.39, 0.29) is 34.6 Å². The van der Waals surface area contributed by atoms with E-state index in [1.165, 1.54) is 11.0 Å². The summed E-state index contributed by atoms with van der Waals surface area (Å²) in [5, 5.41) is 8.61. The number of nitrogens with zero attached hydrogens (tertiary/aromatic N) is 4. The van der Waals surface area contributed by atoms with Crippen LogP contribution in [0.4, 0.5) is 16.1 Å². The van der Waals surface area contributed by atoms with E-state index in [2.05, 4.69) is 10.2 Å². The Bertz CT molecular complexity index is 1460. The number of morpholine rings is 1. The molecule has 2 aromatic carbocycles. The van der Waals surface area contributed by atoms with Crippen LogP contribution in [0.1, 0.15) is 19.4 Å². The zero-order valence-corrected chi connectivity index (χ0v) is 21.7. The van der Waals surface area contributed by atoms with Crippen LogP contribution in [0.25, 0.3) is 11.5 Å². The van der Waals surface area contributed by atoms with Gasteiger partial charge in [-0.2, -0.15) is 0 Å². The topological polar surface area (TPSA) is 132 Å². The van der Waals surface area contributed by atoms with Crippen LogP contribution in [0.3, 0.4) is 0 Å². The molecule has 0 aliphatic carbocycles. The Balaban J connectivity index is 1.61. The van der Waals surface area contributed by atoms with Crippen molar-refractivity contribution in [1.82, 2.24) is 10.2 Å². The molecule has 1 saturated heterocycles. The molecule has 37 heavy (non-hydrogen) atoms. The van der Waals surface area contributed by atoms with Gasteiger partial charge in [-0.05, 0) is 43.7 Å². The van der Waals surface area contributed by atoms with Crippen molar-refractivity contribution in [3.63, 3.8) is 0 Å². The summed E-state index contributed by atoms with van der Waals surface area (Å²) in [5.74, 6) is -2.29. The number of carbonyl (C=O) groups excluding carboxylic acids is 1. The molecule has 0 bridgehead atoms. The molecule has 2 aliphatic heterocycles. The summed E-state index contributed by atoms with van der Waals surface area (Å²) in [6, 6.07) is 7.70. The van der Waals surface area contributed by atoms with Crippen LogP contribution in [0.2, 0.25) is 5.02 Å². The van der Waals surface area contributed by atoms with Crippen LogP contribution in [-0.4, -0.2) is 61.6 Å². The molecule has 0 saturated carbocycles. The number of fused-ring (bicyclic) bond motifs is 1. The number of amides is 1. The number of hydrogen-bond donors (Lipinski definition) is 1. The normalized spacial score (nSPS) is 21.0. The van der Waals surface area contributed by atoms with E-state index in [9.17, 15) is 13.2 Å². The summed E-state index contributed by atoms with van der Waals surface area (Å²) in [6.45, 7) is 5.31. The van der Waals surface area contributed by atoms with Crippen molar-refractivity contribution in [1.29, 1.82) is 0 Å². The number of sulfone groups is 1.